The highest BCUT2D eigenvalue weighted by molar-refractivity contribution is 9.10. The van der Waals surface area contributed by atoms with Gasteiger partial charge in [-0.05, 0) is 24.3 Å². The summed E-state index contributed by atoms with van der Waals surface area (Å²) in [7, 11) is 1.48. The minimum absolute atomic E-state index is 0.0511. The Balaban J connectivity index is 2.38. The van der Waals surface area contributed by atoms with Crippen LogP contribution in [0.1, 0.15) is 0 Å². The van der Waals surface area contributed by atoms with E-state index < -0.39 is 0 Å². The molecule has 0 radical (unpaired) electrons. The number of ketones is 1. The van der Waals surface area contributed by atoms with E-state index in [-0.39, 0.29) is 19.0 Å². The molecule has 0 amide bonds. The van der Waals surface area contributed by atoms with E-state index in [1.807, 2.05) is 12.1 Å². The van der Waals surface area contributed by atoms with Crippen molar-refractivity contribution in [1.29, 1.82) is 0 Å². The van der Waals surface area contributed by atoms with Crippen LogP contribution in [0.25, 0.3) is 0 Å². The van der Waals surface area contributed by atoms with Gasteiger partial charge in [0, 0.05) is 11.6 Å². The first-order valence-corrected chi connectivity index (χ1v) is 4.90. The average Bonchev–Trinajstić information content (AvgIpc) is 2.17. The van der Waals surface area contributed by atoms with Gasteiger partial charge in [0.15, 0.2) is 5.78 Å². The van der Waals surface area contributed by atoms with Crippen molar-refractivity contribution in [3.05, 3.63) is 28.7 Å². The lowest BCUT2D eigenvalue weighted by Gasteiger charge is -2.04. The van der Waals surface area contributed by atoms with Crippen LogP contribution >= 0.6 is 15.9 Å². The maximum absolute atomic E-state index is 11.0. The van der Waals surface area contributed by atoms with Crippen molar-refractivity contribution >= 4 is 21.7 Å². The molecular weight excluding hydrogens is 248 g/mol. The summed E-state index contributed by atoms with van der Waals surface area (Å²) in [5.74, 6) is 0.605. The Morgan fingerprint density at radius 3 is 2.50 bits per heavy atom. The molecule has 1 rings (SSSR count). The van der Waals surface area contributed by atoms with Gasteiger partial charge in [0.1, 0.15) is 19.0 Å². The highest BCUT2D eigenvalue weighted by Gasteiger charge is 2.01. The number of hydrogen-bond acceptors (Lipinski definition) is 3. The Labute approximate surface area is 91.1 Å². The third-order valence-corrected chi connectivity index (χ3v) is 2.05. The van der Waals surface area contributed by atoms with Gasteiger partial charge in [0.05, 0.1) is 0 Å². The molecule has 0 saturated heterocycles. The monoisotopic (exact) mass is 258 g/mol. The molecule has 3 nitrogen and oxygen atoms in total. The summed E-state index contributed by atoms with van der Waals surface area (Å²) in [5, 5.41) is 0. The van der Waals surface area contributed by atoms with E-state index in [1.165, 1.54) is 7.11 Å². The highest BCUT2D eigenvalue weighted by Crippen LogP contribution is 2.15. The first kappa shape index (κ1) is 11.2. The molecule has 0 aliphatic heterocycles. The quantitative estimate of drug-likeness (QED) is 0.811. The fraction of sp³-hybridized carbons (Fsp3) is 0.300. The van der Waals surface area contributed by atoms with E-state index in [2.05, 4.69) is 20.7 Å². The largest absolute Gasteiger partial charge is 0.486 e. The summed E-state index contributed by atoms with van der Waals surface area (Å²) < 4.78 is 10.9. The Morgan fingerprint density at radius 2 is 1.93 bits per heavy atom. The number of hydrogen-bond donors (Lipinski definition) is 0. The van der Waals surface area contributed by atoms with Crippen LogP contribution in [-0.2, 0) is 9.53 Å². The molecule has 0 atom stereocenters. The van der Waals surface area contributed by atoms with Crippen LogP contribution in [0, 0.1) is 0 Å². The minimum Gasteiger partial charge on any atom is -0.486 e. The zero-order valence-corrected chi connectivity index (χ0v) is 9.41. The van der Waals surface area contributed by atoms with Gasteiger partial charge in [0.25, 0.3) is 0 Å². The second kappa shape index (κ2) is 5.78. The Bertz CT molecular complexity index is 295. The lowest BCUT2D eigenvalue weighted by atomic mass is 10.3. The Kier molecular flexibility index (Phi) is 4.62. The van der Waals surface area contributed by atoms with Crippen LogP contribution in [0.4, 0.5) is 0 Å². The maximum atomic E-state index is 11.0. The topological polar surface area (TPSA) is 35.5 Å². The first-order chi connectivity index (χ1) is 6.72. The van der Waals surface area contributed by atoms with E-state index in [0.717, 1.165) is 4.47 Å². The van der Waals surface area contributed by atoms with Crippen LogP contribution in [0.2, 0.25) is 0 Å². The van der Waals surface area contributed by atoms with Crippen molar-refractivity contribution < 1.29 is 14.3 Å². The van der Waals surface area contributed by atoms with Crippen LogP contribution in [0.3, 0.4) is 0 Å². The number of ether oxygens (including phenoxy) is 2. The van der Waals surface area contributed by atoms with Crippen molar-refractivity contribution in [2.45, 2.75) is 0 Å². The van der Waals surface area contributed by atoms with Crippen molar-refractivity contribution in [2.24, 2.45) is 0 Å². The number of carbonyl (C=O) groups excluding carboxylic acids is 1. The maximum Gasteiger partial charge on any atom is 0.195 e. The van der Waals surface area contributed by atoms with Gasteiger partial charge >= 0.3 is 0 Å². The molecule has 1 aromatic carbocycles. The van der Waals surface area contributed by atoms with Gasteiger partial charge < -0.3 is 9.47 Å². The summed E-state index contributed by atoms with van der Waals surface area (Å²) >= 11 is 3.31. The predicted molar refractivity (Wildman–Crippen MR) is 56.5 cm³/mol. The zero-order valence-electron chi connectivity index (χ0n) is 7.83. The van der Waals surface area contributed by atoms with E-state index in [9.17, 15) is 4.79 Å². The predicted octanol–water partition coefficient (Wildman–Crippen LogP) is 2.04. The summed E-state index contributed by atoms with van der Waals surface area (Å²) in [5.41, 5.74) is 0. The van der Waals surface area contributed by atoms with Crippen molar-refractivity contribution in [1.82, 2.24) is 0 Å². The molecule has 4 heteroatoms. The van der Waals surface area contributed by atoms with E-state index in [1.54, 1.807) is 12.1 Å². The molecule has 76 valence electrons. The third-order valence-electron chi connectivity index (χ3n) is 1.52. The SMILES string of the molecule is COCC(=O)COc1ccc(Br)cc1. The van der Waals surface area contributed by atoms with E-state index >= 15 is 0 Å². The number of Topliss-reactive ketones (excluding diaryl/α,β-unsaturated/α-hetero) is 1. The molecule has 0 N–H and O–H groups in total. The molecule has 0 spiro atoms. The van der Waals surface area contributed by atoms with Gasteiger partial charge in [-0.25, -0.2) is 0 Å². The van der Waals surface area contributed by atoms with Crippen molar-refractivity contribution in [3.8, 4) is 5.75 Å². The second-order valence-corrected chi connectivity index (χ2v) is 3.63. The zero-order chi connectivity index (χ0) is 10.4. The van der Waals surface area contributed by atoms with Crippen molar-refractivity contribution in [2.75, 3.05) is 20.3 Å². The fourth-order valence-electron chi connectivity index (χ4n) is 0.897. The van der Waals surface area contributed by atoms with Crippen LogP contribution in [-0.4, -0.2) is 26.1 Å². The standard InChI is InChI=1S/C10H11BrO3/c1-13-6-9(12)7-14-10-4-2-8(11)3-5-10/h2-5H,6-7H2,1H3. The van der Waals surface area contributed by atoms with Gasteiger partial charge in [0.2, 0.25) is 0 Å². The number of rotatable bonds is 5. The van der Waals surface area contributed by atoms with E-state index in [0.29, 0.717) is 5.75 Å². The normalized spacial score (nSPS) is 9.86. The van der Waals surface area contributed by atoms with Crippen LogP contribution < -0.4 is 4.74 Å². The molecule has 0 heterocycles. The van der Waals surface area contributed by atoms with Crippen LogP contribution in [0.5, 0.6) is 5.75 Å². The third kappa shape index (κ3) is 3.89. The molecule has 0 saturated carbocycles. The molecule has 14 heavy (non-hydrogen) atoms. The summed E-state index contributed by atoms with van der Waals surface area (Å²) in [4.78, 5) is 11.0. The highest BCUT2D eigenvalue weighted by atomic mass is 79.9. The lowest BCUT2D eigenvalue weighted by Crippen LogP contribution is -2.16. The van der Waals surface area contributed by atoms with E-state index in [4.69, 9.17) is 4.74 Å². The summed E-state index contributed by atoms with van der Waals surface area (Å²) in [6.45, 7) is 0.145. The minimum atomic E-state index is -0.0737. The number of halogens is 1. The van der Waals surface area contributed by atoms with Gasteiger partial charge in [-0.1, -0.05) is 15.9 Å². The summed E-state index contributed by atoms with van der Waals surface area (Å²) in [6.07, 6.45) is 0. The molecule has 1 aromatic rings. The van der Waals surface area contributed by atoms with Crippen molar-refractivity contribution in [3.63, 3.8) is 0 Å². The molecule has 0 aliphatic rings. The van der Waals surface area contributed by atoms with Gasteiger partial charge in [-0.3, -0.25) is 4.79 Å². The number of carbonyl (C=O) groups is 1. The lowest BCUT2D eigenvalue weighted by molar-refractivity contribution is -0.124. The fourth-order valence-corrected chi connectivity index (χ4v) is 1.16. The van der Waals surface area contributed by atoms with Gasteiger partial charge in [-0.15, -0.1) is 0 Å². The second-order valence-electron chi connectivity index (χ2n) is 2.71. The first-order valence-electron chi connectivity index (χ1n) is 4.11. The molecule has 0 aliphatic carbocycles. The molecular formula is C10H11BrO3. The smallest absolute Gasteiger partial charge is 0.195 e. The molecule has 0 bridgehead atoms. The summed E-state index contributed by atoms with van der Waals surface area (Å²) in [6, 6.07) is 7.31. The van der Waals surface area contributed by atoms with Gasteiger partial charge in [-0.2, -0.15) is 0 Å². The Morgan fingerprint density at radius 1 is 1.29 bits per heavy atom. The number of methoxy groups -OCH3 is 1. The molecule has 0 fully saturated rings. The average molecular weight is 259 g/mol. The van der Waals surface area contributed by atoms with Crippen LogP contribution in [0.15, 0.2) is 28.7 Å². The molecule has 0 aromatic heterocycles. The Hall–Kier alpha value is -0.870. The molecule has 0 unspecified atom stereocenters. The number of benzene rings is 1.